The number of benzene rings is 1. The van der Waals surface area contributed by atoms with Gasteiger partial charge in [-0.05, 0) is 38.3 Å². The fourth-order valence-corrected chi connectivity index (χ4v) is 4.54. The van der Waals surface area contributed by atoms with Crippen LogP contribution in [0.3, 0.4) is 0 Å². The van der Waals surface area contributed by atoms with E-state index in [1.807, 2.05) is 13.0 Å². The highest BCUT2D eigenvalue weighted by atomic mass is 32.2. The number of hydrogen-bond donors (Lipinski definition) is 1. The van der Waals surface area contributed by atoms with Crippen LogP contribution in [-0.2, 0) is 10.0 Å². The number of piperidine rings is 1. The van der Waals surface area contributed by atoms with Gasteiger partial charge in [0.05, 0.1) is 5.56 Å². The lowest BCUT2D eigenvalue weighted by Crippen LogP contribution is -2.48. The van der Waals surface area contributed by atoms with Crippen LogP contribution in [0.1, 0.15) is 30.9 Å². The summed E-state index contributed by atoms with van der Waals surface area (Å²) in [5.41, 5.74) is 6.78. The van der Waals surface area contributed by atoms with Gasteiger partial charge in [0, 0.05) is 18.6 Å². The van der Waals surface area contributed by atoms with Crippen molar-refractivity contribution in [2.24, 2.45) is 5.73 Å². The van der Waals surface area contributed by atoms with Gasteiger partial charge in [-0.1, -0.05) is 12.1 Å². The maximum absolute atomic E-state index is 12.8. The van der Waals surface area contributed by atoms with Crippen molar-refractivity contribution in [2.75, 3.05) is 6.54 Å². The Bertz CT molecular complexity index is 649. The van der Waals surface area contributed by atoms with E-state index in [9.17, 15) is 13.7 Å². The van der Waals surface area contributed by atoms with Crippen molar-refractivity contribution < 1.29 is 8.42 Å². The van der Waals surface area contributed by atoms with Crippen LogP contribution in [0.2, 0.25) is 0 Å². The number of hydrogen-bond acceptors (Lipinski definition) is 4. The number of aryl methyl sites for hydroxylation is 1. The van der Waals surface area contributed by atoms with Gasteiger partial charge in [-0.15, -0.1) is 0 Å². The quantitative estimate of drug-likeness (QED) is 0.892. The first-order valence-electron chi connectivity index (χ1n) is 6.65. The largest absolute Gasteiger partial charge is 0.328 e. The highest BCUT2D eigenvalue weighted by molar-refractivity contribution is 7.89. The number of rotatable bonds is 2. The molecular weight excluding hydrogens is 274 g/mol. The van der Waals surface area contributed by atoms with Gasteiger partial charge in [-0.2, -0.15) is 9.57 Å². The molecule has 0 amide bonds. The molecular formula is C14H19N3O2S. The predicted molar refractivity (Wildman–Crippen MR) is 76.5 cm³/mol. The van der Waals surface area contributed by atoms with E-state index in [1.165, 1.54) is 10.4 Å². The first-order chi connectivity index (χ1) is 9.37. The highest BCUT2D eigenvalue weighted by Crippen LogP contribution is 2.27. The zero-order chi connectivity index (χ0) is 14.9. The molecule has 20 heavy (non-hydrogen) atoms. The van der Waals surface area contributed by atoms with Gasteiger partial charge < -0.3 is 5.73 Å². The maximum Gasteiger partial charge on any atom is 0.244 e. The summed E-state index contributed by atoms with van der Waals surface area (Å²) in [5.74, 6) is 0. The van der Waals surface area contributed by atoms with Crippen LogP contribution in [0.25, 0.3) is 0 Å². The van der Waals surface area contributed by atoms with E-state index in [-0.39, 0.29) is 22.5 Å². The lowest BCUT2D eigenvalue weighted by atomic mass is 10.0. The molecule has 0 aromatic heterocycles. The third kappa shape index (κ3) is 2.57. The lowest BCUT2D eigenvalue weighted by Gasteiger charge is -2.35. The van der Waals surface area contributed by atoms with Gasteiger partial charge in [0.15, 0.2) is 0 Å². The molecule has 5 nitrogen and oxygen atoms in total. The Kier molecular flexibility index (Phi) is 4.14. The standard InChI is InChI=1S/C14H19N3O2S/c1-10-4-3-5-14(13(10)9-15)20(18,19)17-7-6-12(16)8-11(17)2/h3-5,11-12H,6-8,16H2,1-2H3/t11-,12-/m0/s1. The maximum atomic E-state index is 12.8. The molecule has 1 aliphatic rings. The molecule has 0 aliphatic carbocycles. The van der Waals surface area contributed by atoms with Gasteiger partial charge in [0.25, 0.3) is 0 Å². The second-order valence-electron chi connectivity index (χ2n) is 5.31. The average molecular weight is 293 g/mol. The van der Waals surface area contributed by atoms with E-state index in [0.29, 0.717) is 24.9 Å². The molecule has 0 saturated carbocycles. The number of sulfonamides is 1. The van der Waals surface area contributed by atoms with Crippen LogP contribution in [0.4, 0.5) is 0 Å². The molecule has 1 heterocycles. The fourth-order valence-electron chi connectivity index (χ4n) is 2.67. The minimum Gasteiger partial charge on any atom is -0.328 e. The summed E-state index contributed by atoms with van der Waals surface area (Å²) in [6.45, 7) is 4.01. The first-order valence-corrected chi connectivity index (χ1v) is 8.09. The minimum absolute atomic E-state index is 0.0457. The Morgan fingerprint density at radius 3 is 2.75 bits per heavy atom. The van der Waals surface area contributed by atoms with Crippen LogP contribution >= 0.6 is 0 Å². The van der Waals surface area contributed by atoms with E-state index in [0.717, 1.165) is 0 Å². The van der Waals surface area contributed by atoms with Crippen LogP contribution in [-0.4, -0.2) is 31.4 Å². The Morgan fingerprint density at radius 2 is 2.15 bits per heavy atom. The summed E-state index contributed by atoms with van der Waals surface area (Å²) in [6, 6.07) is 6.82. The molecule has 2 atom stereocenters. The Labute approximate surface area is 120 Å². The molecule has 0 bridgehead atoms. The molecule has 1 saturated heterocycles. The summed E-state index contributed by atoms with van der Waals surface area (Å²) in [7, 11) is -3.64. The van der Waals surface area contributed by atoms with Crippen molar-refractivity contribution in [3.8, 4) is 6.07 Å². The van der Waals surface area contributed by atoms with Gasteiger partial charge in [-0.3, -0.25) is 0 Å². The SMILES string of the molecule is Cc1cccc(S(=O)(=O)N2CC[C@H](N)C[C@@H]2C)c1C#N. The predicted octanol–water partition coefficient (Wildman–Crippen LogP) is 1.37. The van der Waals surface area contributed by atoms with E-state index in [2.05, 4.69) is 0 Å². The van der Waals surface area contributed by atoms with Crippen LogP contribution in [0, 0.1) is 18.3 Å². The fraction of sp³-hybridized carbons (Fsp3) is 0.500. The second kappa shape index (κ2) is 5.52. The topological polar surface area (TPSA) is 87.2 Å². The molecule has 1 fully saturated rings. The normalized spacial score (nSPS) is 24.3. The third-order valence-electron chi connectivity index (χ3n) is 3.79. The minimum atomic E-state index is -3.64. The molecule has 1 aliphatic heterocycles. The van der Waals surface area contributed by atoms with E-state index in [1.54, 1.807) is 19.1 Å². The van der Waals surface area contributed by atoms with Gasteiger partial charge in [0.1, 0.15) is 11.0 Å². The summed E-state index contributed by atoms with van der Waals surface area (Å²) in [5, 5.41) is 9.22. The molecule has 1 aromatic carbocycles. The average Bonchev–Trinajstić information content (AvgIpc) is 2.37. The zero-order valence-corrected chi connectivity index (χ0v) is 12.5. The van der Waals surface area contributed by atoms with Crippen molar-refractivity contribution in [2.45, 2.75) is 43.7 Å². The number of nitrogens with two attached hydrogens (primary N) is 1. The summed E-state index contributed by atoms with van der Waals surface area (Å²) in [6.07, 6.45) is 1.30. The summed E-state index contributed by atoms with van der Waals surface area (Å²) < 4.78 is 27.0. The van der Waals surface area contributed by atoms with Crippen LogP contribution in [0.15, 0.2) is 23.1 Å². The first kappa shape index (κ1) is 15.0. The molecule has 0 unspecified atom stereocenters. The van der Waals surface area contributed by atoms with Crippen LogP contribution < -0.4 is 5.73 Å². The van der Waals surface area contributed by atoms with Crippen molar-refractivity contribution in [1.29, 1.82) is 5.26 Å². The molecule has 6 heteroatoms. The van der Waals surface area contributed by atoms with E-state index >= 15 is 0 Å². The Hall–Kier alpha value is -1.42. The smallest absolute Gasteiger partial charge is 0.244 e. The second-order valence-corrected chi connectivity index (χ2v) is 7.17. The van der Waals surface area contributed by atoms with E-state index < -0.39 is 10.0 Å². The molecule has 2 N–H and O–H groups in total. The molecule has 2 rings (SSSR count). The number of nitrogens with zero attached hydrogens (tertiary/aromatic N) is 2. The van der Waals surface area contributed by atoms with Gasteiger partial charge in [0.2, 0.25) is 10.0 Å². The monoisotopic (exact) mass is 293 g/mol. The molecule has 0 spiro atoms. The molecule has 0 radical (unpaired) electrons. The van der Waals surface area contributed by atoms with Crippen molar-refractivity contribution in [3.05, 3.63) is 29.3 Å². The van der Waals surface area contributed by atoms with E-state index in [4.69, 9.17) is 5.73 Å². The van der Waals surface area contributed by atoms with Gasteiger partial charge in [-0.25, -0.2) is 8.42 Å². The summed E-state index contributed by atoms with van der Waals surface area (Å²) >= 11 is 0. The Morgan fingerprint density at radius 1 is 1.45 bits per heavy atom. The highest BCUT2D eigenvalue weighted by Gasteiger charge is 2.34. The van der Waals surface area contributed by atoms with Gasteiger partial charge >= 0.3 is 0 Å². The molecule has 108 valence electrons. The van der Waals surface area contributed by atoms with Crippen molar-refractivity contribution in [1.82, 2.24) is 4.31 Å². The van der Waals surface area contributed by atoms with Crippen LogP contribution in [0.5, 0.6) is 0 Å². The summed E-state index contributed by atoms with van der Waals surface area (Å²) in [4.78, 5) is 0.0994. The number of nitriles is 1. The third-order valence-corrected chi connectivity index (χ3v) is 5.84. The molecule has 1 aromatic rings. The Balaban J connectivity index is 2.47. The van der Waals surface area contributed by atoms with Crippen molar-refractivity contribution in [3.63, 3.8) is 0 Å². The lowest BCUT2D eigenvalue weighted by molar-refractivity contribution is 0.247. The van der Waals surface area contributed by atoms with Crippen molar-refractivity contribution >= 4 is 10.0 Å². The zero-order valence-electron chi connectivity index (χ0n) is 11.7.